The first kappa shape index (κ1) is 24.2. The quantitative estimate of drug-likeness (QED) is 0.339. The summed E-state index contributed by atoms with van der Waals surface area (Å²) in [6, 6.07) is 15.8. The maximum absolute atomic E-state index is 15.5. The van der Waals surface area contributed by atoms with Crippen molar-refractivity contribution in [3.63, 3.8) is 0 Å². The zero-order valence-electron chi connectivity index (χ0n) is 20.5. The predicted molar refractivity (Wildman–Crippen MR) is 135 cm³/mol. The van der Waals surface area contributed by atoms with E-state index in [2.05, 4.69) is 9.97 Å². The number of ether oxygens (including phenoxy) is 3. The molecule has 200 valence electrons. The summed E-state index contributed by atoms with van der Waals surface area (Å²) in [6.07, 6.45) is -1.56. The highest BCUT2D eigenvalue weighted by atomic mass is 19.1. The lowest BCUT2D eigenvalue weighted by atomic mass is 9.98. The average Bonchev–Trinajstić information content (AvgIpc) is 3.29. The van der Waals surface area contributed by atoms with Crippen LogP contribution in [0, 0.1) is 17.6 Å². The number of rotatable bonds is 6. The Labute approximate surface area is 221 Å². The first-order valence-corrected chi connectivity index (χ1v) is 12.8. The first-order chi connectivity index (χ1) is 18.9. The molecule has 4 aromatic rings. The van der Waals surface area contributed by atoms with Gasteiger partial charge in [-0.1, -0.05) is 48.5 Å². The molecule has 3 aromatic carbocycles. The van der Waals surface area contributed by atoms with Gasteiger partial charge < -0.3 is 29.4 Å². The smallest absolute Gasteiger partial charge is 0.307 e. The maximum Gasteiger partial charge on any atom is 0.307 e. The highest BCUT2D eigenvalue weighted by molar-refractivity contribution is 5.84. The summed E-state index contributed by atoms with van der Waals surface area (Å²) in [4.78, 5) is 18.2. The normalized spacial score (nSPS) is 27.6. The zero-order valence-corrected chi connectivity index (χ0v) is 20.5. The second-order valence-corrected chi connectivity index (χ2v) is 10.3. The molecule has 3 heterocycles. The van der Waals surface area contributed by atoms with Gasteiger partial charge in [0.05, 0.1) is 30.2 Å². The molecule has 8 nitrogen and oxygen atoms in total. The van der Waals surface area contributed by atoms with Crippen LogP contribution in [-0.4, -0.2) is 63.8 Å². The van der Waals surface area contributed by atoms with E-state index in [1.807, 2.05) is 24.3 Å². The van der Waals surface area contributed by atoms with Crippen LogP contribution in [0.5, 0.6) is 6.01 Å². The Morgan fingerprint density at radius 3 is 2.33 bits per heavy atom. The predicted octanol–water partition coefficient (Wildman–Crippen LogP) is 4.27. The molecule has 0 bridgehead atoms. The molecule has 10 heteroatoms. The van der Waals surface area contributed by atoms with Crippen molar-refractivity contribution in [2.24, 2.45) is 5.92 Å². The number of aliphatic hydroxyl groups excluding tert-OH is 1. The Bertz CT molecular complexity index is 1570. The summed E-state index contributed by atoms with van der Waals surface area (Å²) in [5.41, 5.74) is 3.05. The van der Waals surface area contributed by atoms with Gasteiger partial charge in [-0.3, -0.25) is 4.79 Å². The molecule has 3 aliphatic rings. The Kier molecular flexibility index (Phi) is 5.66. The van der Waals surface area contributed by atoms with Crippen LogP contribution in [0.25, 0.3) is 33.3 Å². The van der Waals surface area contributed by atoms with Gasteiger partial charge in [0.2, 0.25) is 0 Å². The largest absolute Gasteiger partial charge is 0.481 e. The Morgan fingerprint density at radius 1 is 0.974 bits per heavy atom. The fraction of sp³-hybridized carbons (Fsp3) is 0.310. The van der Waals surface area contributed by atoms with E-state index in [0.29, 0.717) is 12.0 Å². The minimum absolute atomic E-state index is 0.0133. The number of carboxylic acids is 1. The van der Waals surface area contributed by atoms with Crippen LogP contribution < -0.4 is 4.74 Å². The molecule has 2 unspecified atom stereocenters. The number of aliphatic carboxylic acids is 1. The number of hydrogen-bond acceptors (Lipinski definition) is 6. The molecule has 0 radical (unpaired) electrons. The average molecular weight is 535 g/mol. The number of imidazole rings is 1. The lowest BCUT2D eigenvalue weighted by Gasteiger charge is -2.15. The van der Waals surface area contributed by atoms with E-state index in [9.17, 15) is 9.90 Å². The molecule has 1 aromatic heterocycles. The molecule has 2 saturated heterocycles. The van der Waals surface area contributed by atoms with Crippen LogP contribution in [0.3, 0.4) is 0 Å². The number of nitrogens with zero attached hydrogens (tertiary/aromatic N) is 1. The maximum atomic E-state index is 15.5. The molecular formula is C29H24F2N2O6. The number of fused-ring (bicyclic) bond motifs is 2. The van der Waals surface area contributed by atoms with E-state index in [1.165, 1.54) is 6.07 Å². The molecule has 1 aliphatic carbocycles. The van der Waals surface area contributed by atoms with Gasteiger partial charge in [-0.05, 0) is 34.6 Å². The molecule has 3 fully saturated rings. The van der Waals surface area contributed by atoms with Crippen LogP contribution in [0.1, 0.15) is 17.9 Å². The van der Waals surface area contributed by atoms with Crippen molar-refractivity contribution in [3.8, 4) is 28.3 Å². The van der Waals surface area contributed by atoms with Gasteiger partial charge in [0.15, 0.2) is 11.9 Å². The number of carbonyl (C=O) groups is 1. The number of benzene rings is 3. The van der Waals surface area contributed by atoms with E-state index in [1.54, 1.807) is 24.3 Å². The van der Waals surface area contributed by atoms with Crippen molar-refractivity contribution in [2.75, 3.05) is 13.2 Å². The van der Waals surface area contributed by atoms with Gasteiger partial charge in [0.25, 0.3) is 6.01 Å². The highest BCUT2D eigenvalue weighted by Crippen LogP contribution is 2.47. The molecule has 1 saturated carbocycles. The third-order valence-corrected chi connectivity index (χ3v) is 7.85. The molecule has 0 amide bonds. The number of halogens is 2. The molecular weight excluding hydrogens is 510 g/mol. The van der Waals surface area contributed by atoms with Crippen molar-refractivity contribution < 1.29 is 38.0 Å². The second-order valence-electron chi connectivity index (χ2n) is 10.3. The zero-order chi connectivity index (χ0) is 26.8. The number of carboxylic acid groups (broad SMARTS) is 1. The van der Waals surface area contributed by atoms with Crippen LogP contribution in [0.2, 0.25) is 0 Å². The standard InChI is InChI=1S/C29H24F2N2O6/c30-19-10-20-25(33-29(32-20)39-22-12-38-26-21(34)11-37-27(22)26)24(31)23(19)16-7-3-14(4-8-16)13-1-5-15(6-2-13)17-9-18(17)28(35)36/h1-8,10,17-18,21-22,26-27,34H,9,11-12H2,(H,32,33)(H,35,36)/t17?,18?,21-,22-,26-,27-/m1/s1. The van der Waals surface area contributed by atoms with Crippen molar-refractivity contribution in [1.82, 2.24) is 9.97 Å². The Balaban J connectivity index is 1.12. The van der Waals surface area contributed by atoms with Crippen LogP contribution in [-0.2, 0) is 14.3 Å². The third-order valence-electron chi connectivity index (χ3n) is 7.85. The van der Waals surface area contributed by atoms with Crippen molar-refractivity contribution >= 4 is 17.0 Å². The third kappa shape index (κ3) is 4.15. The minimum Gasteiger partial charge on any atom is -0.481 e. The van der Waals surface area contributed by atoms with Gasteiger partial charge in [0.1, 0.15) is 29.6 Å². The summed E-state index contributed by atoms with van der Waals surface area (Å²) in [7, 11) is 0. The highest BCUT2D eigenvalue weighted by Gasteiger charge is 2.48. The van der Waals surface area contributed by atoms with E-state index in [0.717, 1.165) is 16.7 Å². The Morgan fingerprint density at radius 2 is 1.64 bits per heavy atom. The van der Waals surface area contributed by atoms with Gasteiger partial charge in [0, 0.05) is 6.07 Å². The van der Waals surface area contributed by atoms with Crippen molar-refractivity contribution in [3.05, 3.63) is 71.8 Å². The molecule has 6 atom stereocenters. The minimum atomic E-state index is -0.807. The fourth-order valence-corrected chi connectivity index (χ4v) is 5.66. The van der Waals surface area contributed by atoms with E-state index in [4.69, 9.17) is 19.3 Å². The van der Waals surface area contributed by atoms with Crippen LogP contribution >= 0.6 is 0 Å². The number of aliphatic hydroxyl groups is 1. The molecule has 39 heavy (non-hydrogen) atoms. The topological polar surface area (TPSA) is 114 Å². The summed E-state index contributed by atoms with van der Waals surface area (Å²) in [5, 5.41) is 19.1. The fourth-order valence-electron chi connectivity index (χ4n) is 5.66. The van der Waals surface area contributed by atoms with Gasteiger partial charge in [-0.15, -0.1) is 0 Å². The van der Waals surface area contributed by atoms with Gasteiger partial charge >= 0.3 is 5.97 Å². The first-order valence-electron chi connectivity index (χ1n) is 12.8. The van der Waals surface area contributed by atoms with Crippen molar-refractivity contribution in [2.45, 2.75) is 36.8 Å². The summed E-state index contributed by atoms with van der Waals surface area (Å²) in [5.74, 6) is -2.57. The van der Waals surface area contributed by atoms with E-state index < -0.39 is 42.0 Å². The molecule has 2 aliphatic heterocycles. The number of hydrogen-bond donors (Lipinski definition) is 3. The number of nitrogens with one attached hydrogen (secondary N) is 1. The Hall–Kier alpha value is -3.86. The van der Waals surface area contributed by atoms with E-state index >= 15 is 8.78 Å². The van der Waals surface area contributed by atoms with Gasteiger partial charge in [-0.2, -0.15) is 4.98 Å². The summed E-state index contributed by atoms with van der Waals surface area (Å²) >= 11 is 0. The van der Waals surface area contributed by atoms with E-state index in [-0.39, 0.29) is 47.7 Å². The second kappa shape index (κ2) is 9.11. The molecule has 3 N–H and O–H groups in total. The molecule has 7 rings (SSSR count). The molecule has 0 spiro atoms. The van der Waals surface area contributed by atoms with Crippen LogP contribution in [0.15, 0.2) is 54.6 Å². The monoisotopic (exact) mass is 534 g/mol. The summed E-state index contributed by atoms with van der Waals surface area (Å²) < 4.78 is 47.6. The number of aromatic amines is 1. The number of H-pyrrole nitrogens is 1. The van der Waals surface area contributed by atoms with Crippen LogP contribution in [0.4, 0.5) is 8.78 Å². The van der Waals surface area contributed by atoms with Crippen molar-refractivity contribution in [1.29, 1.82) is 0 Å². The SMILES string of the molecule is O=C(O)C1CC1c1ccc(-c2ccc(-c3c(F)cc4[nH]c(O[C@@H]5CO[C@H]6[C@@H]5OC[C@H]6O)nc4c3F)cc2)cc1. The lowest BCUT2D eigenvalue weighted by molar-refractivity contribution is -0.138. The summed E-state index contributed by atoms with van der Waals surface area (Å²) in [6.45, 7) is 0.334. The lowest BCUT2D eigenvalue weighted by Crippen LogP contribution is -2.34. The van der Waals surface area contributed by atoms with Gasteiger partial charge in [-0.25, -0.2) is 8.78 Å². The number of aromatic nitrogens is 2.